The molecule has 1 aliphatic rings. The molecule has 1 fully saturated rings. The van der Waals surface area contributed by atoms with Crippen molar-refractivity contribution in [3.05, 3.63) is 65.8 Å². The van der Waals surface area contributed by atoms with E-state index in [2.05, 4.69) is 26.9 Å². The first-order valence-corrected chi connectivity index (χ1v) is 10.3. The summed E-state index contributed by atoms with van der Waals surface area (Å²) in [6.07, 6.45) is 4.97. The zero-order valence-corrected chi connectivity index (χ0v) is 16.8. The number of rotatable bonds is 6. The van der Waals surface area contributed by atoms with Gasteiger partial charge in [0.2, 0.25) is 0 Å². The Morgan fingerprint density at radius 1 is 1.10 bits per heavy atom. The lowest BCUT2D eigenvalue weighted by atomic mass is 9.78. The SMILES string of the molecule is N#CCC1CCC(c2ccc(NC(=O)c3nnc(Nc4ccccc4F)o3)cc2)CC1. The zero-order valence-electron chi connectivity index (χ0n) is 16.8. The fourth-order valence-electron chi connectivity index (χ4n) is 3.90. The van der Waals surface area contributed by atoms with Crippen LogP contribution in [0.15, 0.2) is 52.9 Å². The molecule has 2 aromatic carbocycles. The molecule has 0 aliphatic heterocycles. The molecule has 1 aromatic heterocycles. The fourth-order valence-corrected chi connectivity index (χ4v) is 3.90. The van der Waals surface area contributed by atoms with E-state index in [1.165, 1.54) is 17.7 Å². The molecular weight excluding hydrogens is 397 g/mol. The van der Waals surface area contributed by atoms with Gasteiger partial charge in [-0.1, -0.05) is 29.4 Å². The van der Waals surface area contributed by atoms with Crippen molar-refractivity contribution in [3.63, 3.8) is 0 Å². The van der Waals surface area contributed by atoms with Crippen molar-refractivity contribution in [1.82, 2.24) is 10.2 Å². The summed E-state index contributed by atoms with van der Waals surface area (Å²) >= 11 is 0. The number of amides is 1. The molecule has 31 heavy (non-hydrogen) atoms. The third-order valence-electron chi connectivity index (χ3n) is 5.60. The summed E-state index contributed by atoms with van der Waals surface area (Å²) in [5.74, 6) is -0.224. The van der Waals surface area contributed by atoms with Crippen LogP contribution in [0.3, 0.4) is 0 Å². The number of nitrogens with zero attached hydrogens (tertiary/aromatic N) is 3. The van der Waals surface area contributed by atoms with E-state index in [4.69, 9.17) is 9.68 Å². The number of nitrogens with one attached hydrogen (secondary N) is 2. The van der Waals surface area contributed by atoms with E-state index < -0.39 is 11.7 Å². The Labute approximate surface area is 179 Å². The minimum Gasteiger partial charge on any atom is -0.399 e. The monoisotopic (exact) mass is 419 g/mol. The summed E-state index contributed by atoms with van der Waals surface area (Å²) in [6, 6.07) is 16.0. The molecule has 1 heterocycles. The third-order valence-corrected chi connectivity index (χ3v) is 5.60. The summed E-state index contributed by atoms with van der Waals surface area (Å²) in [5, 5.41) is 21.7. The molecule has 0 atom stereocenters. The first kappa shape index (κ1) is 20.5. The number of halogens is 1. The number of hydrogen-bond donors (Lipinski definition) is 2. The largest absolute Gasteiger partial charge is 0.399 e. The zero-order chi connectivity index (χ0) is 21.6. The second kappa shape index (κ2) is 9.39. The molecule has 0 unspecified atom stereocenters. The lowest BCUT2D eigenvalue weighted by molar-refractivity contribution is 0.0991. The fraction of sp³-hybridized carbons (Fsp3) is 0.304. The molecule has 0 bridgehead atoms. The van der Waals surface area contributed by atoms with Gasteiger partial charge in [-0.2, -0.15) is 5.26 Å². The highest BCUT2D eigenvalue weighted by Crippen LogP contribution is 2.37. The lowest BCUT2D eigenvalue weighted by Gasteiger charge is -2.27. The quantitative estimate of drug-likeness (QED) is 0.555. The number of carbonyl (C=O) groups excluding carboxylic acids is 1. The van der Waals surface area contributed by atoms with Crippen LogP contribution in [0.4, 0.5) is 21.8 Å². The van der Waals surface area contributed by atoms with Crippen LogP contribution in [-0.2, 0) is 0 Å². The minimum atomic E-state index is -0.543. The van der Waals surface area contributed by atoms with E-state index in [1.807, 2.05) is 24.3 Å². The maximum atomic E-state index is 13.7. The van der Waals surface area contributed by atoms with Crippen LogP contribution in [0.25, 0.3) is 0 Å². The predicted octanol–water partition coefficient (Wildman–Crippen LogP) is 5.39. The first-order valence-electron chi connectivity index (χ1n) is 10.3. The van der Waals surface area contributed by atoms with Crippen molar-refractivity contribution < 1.29 is 13.6 Å². The standard InChI is InChI=1S/C23H22FN5O2/c24-19-3-1-2-4-20(19)27-23-29-28-22(31-23)21(30)26-18-11-9-17(10-12-18)16-7-5-15(6-8-16)13-14-25/h1-4,9-12,15-16H,5-8,13H2,(H,26,30)(H,27,29). The van der Waals surface area contributed by atoms with Gasteiger partial charge in [0, 0.05) is 12.1 Å². The minimum absolute atomic E-state index is 0.0717. The van der Waals surface area contributed by atoms with Crippen LogP contribution >= 0.6 is 0 Å². The molecule has 2 N–H and O–H groups in total. The van der Waals surface area contributed by atoms with Gasteiger partial charge in [-0.15, -0.1) is 5.10 Å². The van der Waals surface area contributed by atoms with Crippen LogP contribution in [-0.4, -0.2) is 16.1 Å². The van der Waals surface area contributed by atoms with Crippen LogP contribution < -0.4 is 10.6 Å². The van der Waals surface area contributed by atoms with E-state index in [0.717, 1.165) is 25.7 Å². The van der Waals surface area contributed by atoms with E-state index in [1.54, 1.807) is 12.1 Å². The average Bonchev–Trinajstić information content (AvgIpc) is 3.26. The Morgan fingerprint density at radius 3 is 2.55 bits per heavy atom. The molecule has 8 heteroatoms. The van der Waals surface area contributed by atoms with E-state index in [0.29, 0.717) is 23.9 Å². The number of para-hydroxylation sites is 1. The van der Waals surface area contributed by atoms with Gasteiger partial charge in [0.1, 0.15) is 5.82 Å². The molecule has 0 spiro atoms. The normalized spacial score (nSPS) is 18.2. The molecule has 0 saturated heterocycles. The molecule has 1 amide bonds. The molecule has 1 saturated carbocycles. The third kappa shape index (κ3) is 5.07. The molecule has 158 valence electrons. The maximum absolute atomic E-state index is 13.7. The summed E-state index contributed by atoms with van der Waals surface area (Å²) < 4.78 is 19.0. The first-order chi connectivity index (χ1) is 15.1. The number of aromatic nitrogens is 2. The maximum Gasteiger partial charge on any atom is 0.320 e. The van der Waals surface area contributed by atoms with Gasteiger partial charge in [-0.25, -0.2) is 4.39 Å². The van der Waals surface area contributed by atoms with Crippen LogP contribution in [0, 0.1) is 23.1 Å². The van der Waals surface area contributed by atoms with Crippen LogP contribution in [0.5, 0.6) is 0 Å². The van der Waals surface area contributed by atoms with E-state index in [9.17, 15) is 9.18 Å². The Morgan fingerprint density at radius 2 is 1.84 bits per heavy atom. The molecule has 1 aliphatic carbocycles. The van der Waals surface area contributed by atoms with Gasteiger partial charge in [-0.05, 0) is 67.3 Å². The van der Waals surface area contributed by atoms with Gasteiger partial charge in [-0.3, -0.25) is 4.79 Å². The van der Waals surface area contributed by atoms with Crippen molar-refractivity contribution >= 4 is 23.3 Å². The Hall–Kier alpha value is -3.73. The van der Waals surface area contributed by atoms with Gasteiger partial charge < -0.3 is 15.1 Å². The van der Waals surface area contributed by atoms with Gasteiger partial charge in [0.05, 0.1) is 11.8 Å². The van der Waals surface area contributed by atoms with E-state index in [-0.39, 0.29) is 17.6 Å². The summed E-state index contributed by atoms with van der Waals surface area (Å²) in [4.78, 5) is 12.4. The van der Waals surface area contributed by atoms with Gasteiger partial charge in [0.15, 0.2) is 0 Å². The average molecular weight is 419 g/mol. The van der Waals surface area contributed by atoms with Crippen molar-refractivity contribution in [1.29, 1.82) is 5.26 Å². The molecule has 4 rings (SSSR count). The highest BCUT2D eigenvalue weighted by Gasteiger charge is 2.22. The number of carbonyl (C=O) groups is 1. The second-order valence-corrected chi connectivity index (χ2v) is 7.67. The number of nitriles is 1. The Kier molecular flexibility index (Phi) is 6.22. The smallest absolute Gasteiger partial charge is 0.320 e. The predicted molar refractivity (Wildman–Crippen MR) is 113 cm³/mol. The molecular formula is C23H22FN5O2. The summed E-state index contributed by atoms with van der Waals surface area (Å²) in [6.45, 7) is 0. The van der Waals surface area contributed by atoms with Crippen molar-refractivity contribution in [2.75, 3.05) is 10.6 Å². The van der Waals surface area contributed by atoms with Crippen LogP contribution in [0.2, 0.25) is 0 Å². The number of hydrogen-bond acceptors (Lipinski definition) is 6. The number of anilines is 3. The molecule has 3 aromatic rings. The Balaban J connectivity index is 1.34. The highest BCUT2D eigenvalue weighted by atomic mass is 19.1. The molecule has 0 radical (unpaired) electrons. The lowest BCUT2D eigenvalue weighted by Crippen LogP contribution is -2.14. The van der Waals surface area contributed by atoms with Crippen LogP contribution in [0.1, 0.15) is 54.3 Å². The van der Waals surface area contributed by atoms with E-state index >= 15 is 0 Å². The number of benzene rings is 2. The van der Waals surface area contributed by atoms with Gasteiger partial charge >= 0.3 is 17.8 Å². The van der Waals surface area contributed by atoms with Crippen molar-refractivity contribution in [3.8, 4) is 6.07 Å². The second-order valence-electron chi connectivity index (χ2n) is 7.67. The Bertz CT molecular complexity index is 1080. The molecule has 7 nitrogen and oxygen atoms in total. The summed E-state index contributed by atoms with van der Waals surface area (Å²) in [5.41, 5.74) is 2.03. The van der Waals surface area contributed by atoms with Gasteiger partial charge in [0.25, 0.3) is 0 Å². The highest BCUT2D eigenvalue weighted by molar-refractivity contribution is 6.00. The topological polar surface area (TPSA) is 104 Å². The summed E-state index contributed by atoms with van der Waals surface area (Å²) in [7, 11) is 0. The van der Waals surface area contributed by atoms with Crippen molar-refractivity contribution in [2.24, 2.45) is 5.92 Å². The van der Waals surface area contributed by atoms with Crippen molar-refractivity contribution in [2.45, 2.75) is 38.0 Å².